The van der Waals surface area contributed by atoms with Gasteiger partial charge < -0.3 is 10.2 Å². The van der Waals surface area contributed by atoms with Crippen molar-refractivity contribution in [3.05, 3.63) is 63.6 Å². The Bertz CT molecular complexity index is 1050. The van der Waals surface area contributed by atoms with Crippen LogP contribution in [0, 0.1) is 0 Å². The van der Waals surface area contributed by atoms with Crippen molar-refractivity contribution in [1.82, 2.24) is 14.5 Å². The van der Waals surface area contributed by atoms with Crippen LogP contribution >= 0.6 is 15.9 Å². The van der Waals surface area contributed by atoms with Gasteiger partial charge in [0.1, 0.15) is 0 Å². The highest BCUT2D eigenvalue weighted by atomic mass is 79.9. The number of rotatable bonds is 6. The Morgan fingerprint density at radius 2 is 1.70 bits per heavy atom. The molecule has 1 fully saturated rings. The molecule has 1 N–H and O–H groups in total. The number of amides is 2. The largest absolute Gasteiger partial charge is 0.348 e. The third-order valence-corrected chi connectivity index (χ3v) is 7.53. The summed E-state index contributed by atoms with van der Waals surface area (Å²) in [6.45, 7) is 1.27. The SMILES string of the molecule is CN(C)C(=O)c1ccc(CNC(=O)c2cc(S(=O)(=O)N3CCCC3)ccc2Br)cc1. The third kappa shape index (κ3) is 4.91. The van der Waals surface area contributed by atoms with E-state index in [4.69, 9.17) is 0 Å². The molecule has 0 unspecified atom stereocenters. The van der Waals surface area contributed by atoms with Gasteiger partial charge in [-0.2, -0.15) is 4.31 Å². The predicted octanol–water partition coefficient (Wildman–Crippen LogP) is 2.87. The van der Waals surface area contributed by atoms with Gasteiger partial charge in [0, 0.05) is 43.8 Å². The summed E-state index contributed by atoms with van der Waals surface area (Å²) >= 11 is 3.34. The number of nitrogens with one attached hydrogen (secondary N) is 1. The maximum absolute atomic E-state index is 12.8. The number of sulfonamides is 1. The molecule has 9 heteroatoms. The molecule has 0 aliphatic carbocycles. The van der Waals surface area contributed by atoms with Crippen molar-refractivity contribution < 1.29 is 18.0 Å². The number of halogens is 1. The molecule has 2 amide bonds. The van der Waals surface area contributed by atoms with Crippen LogP contribution in [0.25, 0.3) is 0 Å². The normalized spacial score (nSPS) is 14.5. The van der Waals surface area contributed by atoms with Gasteiger partial charge in [-0.05, 0) is 64.7 Å². The average Bonchev–Trinajstić information content (AvgIpc) is 3.28. The summed E-state index contributed by atoms with van der Waals surface area (Å²) in [5.41, 5.74) is 1.66. The zero-order valence-corrected chi connectivity index (χ0v) is 19.3. The summed E-state index contributed by atoms with van der Waals surface area (Å²) in [4.78, 5) is 26.3. The quantitative estimate of drug-likeness (QED) is 0.669. The molecule has 0 radical (unpaired) electrons. The highest BCUT2D eigenvalue weighted by molar-refractivity contribution is 9.10. The number of carbonyl (C=O) groups excluding carboxylic acids is 2. The van der Waals surface area contributed by atoms with E-state index in [0.717, 1.165) is 18.4 Å². The van der Waals surface area contributed by atoms with E-state index in [1.807, 2.05) is 0 Å². The van der Waals surface area contributed by atoms with Crippen molar-refractivity contribution in [3.63, 3.8) is 0 Å². The van der Waals surface area contributed by atoms with Gasteiger partial charge in [0.25, 0.3) is 11.8 Å². The molecular weight excluding hydrogens is 470 g/mol. The molecule has 0 atom stereocenters. The topological polar surface area (TPSA) is 86.8 Å². The molecule has 0 spiro atoms. The van der Waals surface area contributed by atoms with Crippen molar-refractivity contribution in [2.24, 2.45) is 0 Å². The van der Waals surface area contributed by atoms with Crippen LogP contribution in [0.2, 0.25) is 0 Å². The Labute approximate surface area is 185 Å². The fourth-order valence-electron chi connectivity index (χ4n) is 3.22. The van der Waals surface area contributed by atoms with Crippen molar-refractivity contribution >= 4 is 37.8 Å². The molecule has 0 bridgehead atoms. The van der Waals surface area contributed by atoms with Crippen LogP contribution in [-0.4, -0.2) is 56.6 Å². The van der Waals surface area contributed by atoms with Crippen LogP contribution in [0.3, 0.4) is 0 Å². The van der Waals surface area contributed by atoms with Crippen LogP contribution in [0.1, 0.15) is 39.1 Å². The van der Waals surface area contributed by atoms with Gasteiger partial charge in [0.2, 0.25) is 10.0 Å². The first kappa shape index (κ1) is 22.5. The third-order valence-electron chi connectivity index (χ3n) is 4.95. The summed E-state index contributed by atoms with van der Waals surface area (Å²) in [6.07, 6.45) is 1.70. The molecule has 1 aliphatic heterocycles. The molecule has 0 aromatic heterocycles. The smallest absolute Gasteiger partial charge is 0.253 e. The maximum atomic E-state index is 12.8. The average molecular weight is 494 g/mol. The Morgan fingerprint density at radius 1 is 1.07 bits per heavy atom. The summed E-state index contributed by atoms with van der Waals surface area (Å²) in [6, 6.07) is 11.5. The highest BCUT2D eigenvalue weighted by Crippen LogP contribution is 2.25. The number of hydrogen-bond donors (Lipinski definition) is 1. The lowest BCUT2D eigenvalue weighted by atomic mass is 10.1. The van der Waals surface area contributed by atoms with Crippen molar-refractivity contribution in [2.75, 3.05) is 27.2 Å². The molecule has 1 aliphatic rings. The van der Waals surface area contributed by atoms with E-state index in [1.54, 1.807) is 44.4 Å². The summed E-state index contributed by atoms with van der Waals surface area (Å²) in [5.74, 6) is -0.473. The monoisotopic (exact) mass is 493 g/mol. The first-order chi connectivity index (χ1) is 14.2. The van der Waals surface area contributed by atoms with Crippen molar-refractivity contribution in [3.8, 4) is 0 Å². The number of carbonyl (C=O) groups is 2. The summed E-state index contributed by atoms with van der Waals surface area (Å²) < 4.78 is 27.5. The Morgan fingerprint density at radius 3 is 2.30 bits per heavy atom. The minimum absolute atomic E-state index is 0.0921. The van der Waals surface area contributed by atoms with E-state index in [1.165, 1.54) is 21.3 Å². The molecule has 2 aromatic carbocycles. The first-order valence-electron chi connectivity index (χ1n) is 9.58. The molecule has 0 saturated carbocycles. The number of hydrogen-bond acceptors (Lipinski definition) is 4. The predicted molar refractivity (Wildman–Crippen MR) is 118 cm³/mol. The van der Waals surface area contributed by atoms with Gasteiger partial charge in [-0.1, -0.05) is 12.1 Å². The van der Waals surface area contributed by atoms with E-state index >= 15 is 0 Å². The molecule has 160 valence electrons. The zero-order valence-electron chi connectivity index (χ0n) is 16.9. The fourth-order valence-corrected chi connectivity index (χ4v) is 5.19. The fraction of sp³-hybridized carbons (Fsp3) is 0.333. The molecule has 1 heterocycles. The second kappa shape index (κ2) is 9.28. The Balaban J connectivity index is 1.72. The second-order valence-electron chi connectivity index (χ2n) is 7.33. The van der Waals surface area contributed by atoms with Crippen LogP contribution in [0.5, 0.6) is 0 Å². The number of nitrogens with zero attached hydrogens (tertiary/aromatic N) is 2. The Kier molecular flexibility index (Phi) is 6.95. The van der Waals surface area contributed by atoms with Crippen LogP contribution in [-0.2, 0) is 16.6 Å². The van der Waals surface area contributed by atoms with Crippen LogP contribution in [0.15, 0.2) is 51.8 Å². The Hall–Kier alpha value is -2.23. The molecule has 7 nitrogen and oxygen atoms in total. The van der Waals surface area contributed by atoms with Crippen LogP contribution in [0.4, 0.5) is 0 Å². The van der Waals surface area contributed by atoms with Gasteiger partial charge in [0.15, 0.2) is 0 Å². The summed E-state index contributed by atoms with van der Waals surface area (Å²) in [7, 11) is -0.228. The standard InChI is InChI=1S/C21H24BrN3O4S/c1-24(2)21(27)16-7-5-15(6-8-16)14-23-20(26)18-13-17(9-10-19(18)22)30(28,29)25-11-3-4-12-25/h5-10,13H,3-4,11-12,14H2,1-2H3,(H,23,26). The minimum Gasteiger partial charge on any atom is -0.348 e. The van der Waals surface area contributed by atoms with E-state index in [0.29, 0.717) is 23.1 Å². The summed E-state index contributed by atoms with van der Waals surface area (Å²) in [5, 5.41) is 2.80. The van der Waals surface area contributed by atoms with Gasteiger partial charge in [-0.3, -0.25) is 9.59 Å². The minimum atomic E-state index is -3.60. The van der Waals surface area contributed by atoms with E-state index in [2.05, 4.69) is 21.2 Å². The van der Waals surface area contributed by atoms with Gasteiger partial charge in [-0.15, -0.1) is 0 Å². The lowest BCUT2D eigenvalue weighted by Crippen LogP contribution is -2.28. The second-order valence-corrected chi connectivity index (χ2v) is 10.1. The van der Waals surface area contributed by atoms with Gasteiger partial charge >= 0.3 is 0 Å². The van der Waals surface area contributed by atoms with E-state index < -0.39 is 10.0 Å². The molecule has 30 heavy (non-hydrogen) atoms. The van der Waals surface area contributed by atoms with E-state index in [-0.39, 0.29) is 28.8 Å². The molecule has 3 rings (SSSR count). The van der Waals surface area contributed by atoms with Gasteiger partial charge in [0.05, 0.1) is 10.5 Å². The number of benzene rings is 2. The highest BCUT2D eigenvalue weighted by Gasteiger charge is 2.28. The zero-order chi connectivity index (χ0) is 21.9. The molecule has 1 saturated heterocycles. The van der Waals surface area contributed by atoms with Gasteiger partial charge in [-0.25, -0.2) is 8.42 Å². The lowest BCUT2D eigenvalue weighted by Gasteiger charge is -2.16. The molecular formula is C21H24BrN3O4S. The van der Waals surface area contributed by atoms with Crippen LogP contribution < -0.4 is 5.32 Å². The molecule has 2 aromatic rings. The van der Waals surface area contributed by atoms with E-state index in [9.17, 15) is 18.0 Å². The van der Waals surface area contributed by atoms with Crippen molar-refractivity contribution in [2.45, 2.75) is 24.3 Å². The lowest BCUT2D eigenvalue weighted by molar-refractivity contribution is 0.0827. The van der Waals surface area contributed by atoms with Crippen molar-refractivity contribution in [1.29, 1.82) is 0 Å². The maximum Gasteiger partial charge on any atom is 0.253 e. The first-order valence-corrected chi connectivity index (χ1v) is 11.8.